The van der Waals surface area contributed by atoms with Crippen LogP contribution in [0.25, 0.3) is 99.1 Å². The quantitative estimate of drug-likeness (QED) is 0.137. The van der Waals surface area contributed by atoms with E-state index in [9.17, 15) is 0 Å². The van der Waals surface area contributed by atoms with Crippen LogP contribution >= 0.6 is 0 Å². The Morgan fingerprint density at radius 3 is 1.31 bits per heavy atom. The standard InChI is InChI=1S/C69H49N/c1-69(2)65-36-19-18-34-61(65)62-38-37-53(45-66(62)69)70(54-43-51(46-21-6-3-7-22-46)42-52(44-54)47-23-8-4-9-24-47)68-57(39-40-64-60-33-15-14-31-58(60)59-32-16-17-35-63(59)67(64)68)50-28-20-27-49(41-50)56-30-13-12-29-55(56)48-25-10-5-11-26-48/h3-45H,1-2H3. The maximum absolute atomic E-state index is 2.60. The number of hydrogen-bond acceptors (Lipinski definition) is 1. The largest absolute Gasteiger partial charge is 0.309 e. The highest BCUT2D eigenvalue weighted by molar-refractivity contribution is 6.30. The zero-order chi connectivity index (χ0) is 46.8. The van der Waals surface area contributed by atoms with E-state index in [0.29, 0.717) is 0 Å². The molecule has 0 N–H and O–H groups in total. The first kappa shape index (κ1) is 41.4. The Hall–Kier alpha value is -8.78. The molecule has 0 saturated heterocycles. The SMILES string of the molecule is CC1(C)c2ccccc2-c2ccc(N(c3cc(-c4ccccc4)cc(-c4ccccc4)c3)c3c(-c4cccc(-c5ccccc5-c5ccccc5)c4)ccc4c5ccccc5c5ccccc5c34)cc21. The Balaban J connectivity index is 1.17. The second-order valence-corrected chi connectivity index (χ2v) is 19.2. The van der Waals surface area contributed by atoms with E-state index in [4.69, 9.17) is 0 Å². The summed E-state index contributed by atoms with van der Waals surface area (Å²) in [6.07, 6.45) is 0. The summed E-state index contributed by atoms with van der Waals surface area (Å²) < 4.78 is 0. The van der Waals surface area contributed by atoms with Crippen molar-refractivity contribution < 1.29 is 0 Å². The van der Waals surface area contributed by atoms with Crippen LogP contribution in [-0.4, -0.2) is 0 Å². The first-order chi connectivity index (χ1) is 34.5. The fourth-order valence-corrected chi connectivity index (χ4v) is 11.5. The lowest BCUT2D eigenvalue weighted by Gasteiger charge is -2.32. The van der Waals surface area contributed by atoms with Gasteiger partial charge in [0.15, 0.2) is 0 Å². The van der Waals surface area contributed by atoms with E-state index in [2.05, 4.69) is 280 Å². The van der Waals surface area contributed by atoms with Crippen LogP contribution < -0.4 is 4.90 Å². The van der Waals surface area contributed by atoms with Gasteiger partial charge in [0, 0.05) is 27.7 Å². The topological polar surface area (TPSA) is 3.24 Å². The van der Waals surface area contributed by atoms with E-state index in [1.807, 2.05) is 0 Å². The third-order valence-electron chi connectivity index (χ3n) is 14.8. The summed E-state index contributed by atoms with van der Waals surface area (Å²) >= 11 is 0. The average molecular weight is 892 g/mol. The predicted octanol–water partition coefficient (Wildman–Crippen LogP) is 19.3. The summed E-state index contributed by atoms with van der Waals surface area (Å²) in [6.45, 7) is 4.77. The van der Waals surface area contributed by atoms with E-state index >= 15 is 0 Å². The molecule has 0 fully saturated rings. The molecule has 0 aromatic heterocycles. The first-order valence-corrected chi connectivity index (χ1v) is 24.4. The van der Waals surface area contributed by atoms with Crippen molar-refractivity contribution in [3.8, 4) is 66.8 Å². The molecule has 13 rings (SSSR count). The molecule has 1 heteroatoms. The Kier molecular flexibility index (Phi) is 9.92. The smallest absolute Gasteiger partial charge is 0.0624 e. The Morgan fingerprint density at radius 1 is 0.257 bits per heavy atom. The van der Waals surface area contributed by atoms with Gasteiger partial charge in [0.2, 0.25) is 0 Å². The van der Waals surface area contributed by atoms with E-state index < -0.39 is 0 Å². The van der Waals surface area contributed by atoms with Crippen molar-refractivity contribution in [2.24, 2.45) is 0 Å². The number of rotatable bonds is 8. The second kappa shape index (κ2) is 16.8. The highest BCUT2D eigenvalue weighted by Gasteiger charge is 2.36. The molecule has 12 aromatic carbocycles. The molecule has 1 aliphatic carbocycles. The normalized spacial score (nSPS) is 12.5. The van der Waals surface area contributed by atoms with E-state index in [1.165, 1.54) is 88.0 Å². The number of anilines is 3. The molecule has 0 heterocycles. The molecule has 0 radical (unpaired) electrons. The molecule has 0 aliphatic heterocycles. The molecule has 1 nitrogen and oxygen atoms in total. The van der Waals surface area contributed by atoms with Crippen LogP contribution in [0.5, 0.6) is 0 Å². The van der Waals surface area contributed by atoms with Crippen LogP contribution in [0.4, 0.5) is 17.1 Å². The van der Waals surface area contributed by atoms with Crippen molar-refractivity contribution in [2.75, 3.05) is 4.90 Å². The molecular formula is C69H49N. The Bertz CT molecular complexity index is 3870. The number of benzene rings is 12. The zero-order valence-corrected chi connectivity index (χ0v) is 39.3. The lowest BCUT2D eigenvalue weighted by atomic mass is 9.82. The van der Waals surface area contributed by atoms with Crippen molar-refractivity contribution >= 4 is 49.4 Å². The summed E-state index contributed by atoms with van der Waals surface area (Å²) in [5.41, 5.74) is 20.2. The number of hydrogen-bond donors (Lipinski definition) is 0. The molecule has 0 atom stereocenters. The van der Waals surface area contributed by atoms with Gasteiger partial charge < -0.3 is 4.90 Å². The zero-order valence-electron chi connectivity index (χ0n) is 39.3. The molecule has 0 unspecified atom stereocenters. The minimum Gasteiger partial charge on any atom is -0.309 e. The van der Waals surface area contributed by atoms with Crippen molar-refractivity contribution in [1.82, 2.24) is 0 Å². The molecular weight excluding hydrogens is 843 g/mol. The fourth-order valence-electron chi connectivity index (χ4n) is 11.5. The maximum Gasteiger partial charge on any atom is 0.0624 e. The summed E-state index contributed by atoms with van der Waals surface area (Å²) in [6, 6.07) is 96.6. The molecule has 0 amide bonds. The molecule has 0 spiro atoms. The van der Waals surface area contributed by atoms with Crippen LogP contribution in [0.2, 0.25) is 0 Å². The summed E-state index contributed by atoms with van der Waals surface area (Å²) in [4.78, 5) is 2.60. The summed E-state index contributed by atoms with van der Waals surface area (Å²) in [7, 11) is 0. The highest BCUT2D eigenvalue weighted by atomic mass is 15.1. The molecule has 12 aromatic rings. The lowest BCUT2D eigenvalue weighted by Crippen LogP contribution is -2.17. The minimum absolute atomic E-state index is 0.209. The molecule has 0 bridgehead atoms. The van der Waals surface area contributed by atoms with Gasteiger partial charge in [-0.15, -0.1) is 0 Å². The van der Waals surface area contributed by atoms with E-state index in [0.717, 1.165) is 39.3 Å². The minimum atomic E-state index is -0.209. The van der Waals surface area contributed by atoms with Crippen molar-refractivity contribution in [3.05, 3.63) is 272 Å². The highest BCUT2D eigenvalue weighted by Crippen LogP contribution is 2.54. The van der Waals surface area contributed by atoms with Crippen molar-refractivity contribution in [2.45, 2.75) is 19.3 Å². The Morgan fingerprint density at radius 2 is 0.686 bits per heavy atom. The molecule has 0 saturated carbocycles. The average Bonchev–Trinajstić information content (AvgIpc) is 3.66. The predicted molar refractivity (Wildman–Crippen MR) is 298 cm³/mol. The summed E-state index contributed by atoms with van der Waals surface area (Å²) in [5, 5.41) is 7.40. The van der Waals surface area contributed by atoms with Gasteiger partial charge in [0.05, 0.1) is 5.69 Å². The van der Waals surface area contributed by atoms with Crippen LogP contribution in [0.1, 0.15) is 25.0 Å². The van der Waals surface area contributed by atoms with Gasteiger partial charge >= 0.3 is 0 Å². The van der Waals surface area contributed by atoms with Gasteiger partial charge in [0.1, 0.15) is 0 Å². The van der Waals surface area contributed by atoms with Gasteiger partial charge in [-0.05, 0) is 136 Å². The second-order valence-electron chi connectivity index (χ2n) is 19.2. The summed E-state index contributed by atoms with van der Waals surface area (Å²) in [5.74, 6) is 0. The van der Waals surface area contributed by atoms with Gasteiger partial charge in [-0.2, -0.15) is 0 Å². The third-order valence-corrected chi connectivity index (χ3v) is 14.8. The molecule has 1 aliphatic rings. The molecule has 330 valence electrons. The van der Waals surface area contributed by atoms with Crippen LogP contribution in [0.15, 0.2) is 261 Å². The van der Waals surface area contributed by atoms with Crippen LogP contribution in [0, 0.1) is 0 Å². The third kappa shape index (κ3) is 6.85. The maximum atomic E-state index is 2.60. The van der Waals surface area contributed by atoms with E-state index in [-0.39, 0.29) is 5.41 Å². The lowest BCUT2D eigenvalue weighted by molar-refractivity contribution is 0.660. The van der Waals surface area contributed by atoms with Crippen LogP contribution in [0.3, 0.4) is 0 Å². The fraction of sp³-hybridized carbons (Fsp3) is 0.0435. The number of nitrogens with zero attached hydrogens (tertiary/aromatic N) is 1. The van der Waals surface area contributed by atoms with Gasteiger partial charge in [0.25, 0.3) is 0 Å². The van der Waals surface area contributed by atoms with Crippen LogP contribution in [-0.2, 0) is 5.41 Å². The van der Waals surface area contributed by atoms with Gasteiger partial charge in [-0.25, -0.2) is 0 Å². The first-order valence-electron chi connectivity index (χ1n) is 24.4. The molecule has 70 heavy (non-hydrogen) atoms. The van der Waals surface area contributed by atoms with Gasteiger partial charge in [-0.1, -0.05) is 238 Å². The van der Waals surface area contributed by atoms with Crippen molar-refractivity contribution in [3.63, 3.8) is 0 Å². The van der Waals surface area contributed by atoms with E-state index in [1.54, 1.807) is 0 Å². The Labute approximate surface area is 410 Å². The van der Waals surface area contributed by atoms with Gasteiger partial charge in [-0.3, -0.25) is 0 Å². The monoisotopic (exact) mass is 891 g/mol. The van der Waals surface area contributed by atoms with Crippen molar-refractivity contribution in [1.29, 1.82) is 0 Å². The number of fused-ring (bicyclic) bond motifs is 9.